The van der Waals surface area contributed by atoms with Crippen LogP contribution in [0.15, 0.2) is 0 Å². The molecule has 0 aromatic heterocycles. The summed E-state index contributed by atoms with van der Waals surface area (Å²) in [6, 6.07) is 0.544. The molecule has 104 valence electrons. The molecular formula is C14H26N2O2. The van der Waals surface area contributed by atoms with E-state index >= 15 is 0 Å². The van der Waals surface area contributed by atoms with Crippen LogP contribution in [-0.2, 0) is 9.53 Å². The second-order valence-corrected chi connectivity index (χ2v) is 5.51. The first-order valence-electron chi connectivity index (χ1n) is 7.37. The molecule has 0 bridgehead atoms. The van der Waals surface area contributed by atoms with E-state index in [2.05, 4.69) is 17.1 Å². The maximum Gasteiger partial charge on any atom is 0.326 e. The second-order valence-electron chi connectivity index (χ2n) is 5.51. The Bertz CT molecular complexity index is 292. The zero-order chi connectivity index (χ0) is 13.0. The Kier molecular flexibility index (Phi) is 4.62. The number of rotatable bonds is 5. The summed E-state index contributed by atoms with van der Waals surface area (Å²) >= 11 is 0. The molecule has 4 nitrogen and oxygen atoms in total. The smallest absolute Gasteiger partial charge is 0.326 e. The van der Waals surface area contributed by atoms with Crippen molar-refractivity contribution in [3.8, 4) is 0 Å². The number of nitrogens with one attached hydrogen (secondary N) is 1. The molecule has 1 unspecified atom stereocenters. The molecule has 1 saturated heterocycles. The molecule has 0 aromatic carbocycles. The lowest BCUT2D eigenvalue weighted by Gasteiger charge is -2.31. The Morgan fingerprint density at radius 2 is 2.11 bits per heavy atom. The molecule has 1 aliphatic carbocycles. The summed E-state index contributed by atoms with van der Waals surface area (Å²) in [5.41, 5.74) is -0.416. The number of carbonyl (C=O) groups excluding carboxylic acids is 1. The van der Waals surface area contributed by atoms with Gasteiger partial charge in [0, 0.05) is 12.6 Å². The first-order valence-corrected chi connectivity index (χ1v) is 7.37. The SMILES string of the molecule is CCOC(=O)C1(NC2CC2)CCCN(CC)CC1. The molecule has 4 heteroatoms. The maximum absolute atomic E-state index is 12.3. The molecule has 0 radical (unpaired) electrons. The van der Waals surface area contributed by atoms with E-state index in [0.29, 0.717) is 12.6 Å². The van der Waals surface area contributed by atoms with Crippen LogP contribution in [0.1, 0.15) is 46.0 Å². The Hall–Kier alpha value is -0.610. The van der Waals surface area contributed by atoms with Gasteiger partial charge in [0.2, 0.25) is 0 Å². The van der Waals surface area contributed by atoms with E-state index in [1.807, 2.05) is 6.92 Å². The van der Waals surface area contributed by atoms with Gasteiger partial charge in [-0.3, -0.25) is 10.1 Å². The van der Waals surface area contributed by atoms with E-state index in [-0.39, 0.29) is 5.97 Å². The van der Waals surface area contributed by atoms with Gasteiger partial charge in [-0.15, -0.1) is 0 Å². The summed E-state index contributed by atoms with van der Waals surface area (Å²) in [6.07, 6.45) is 5.29. The minimum atomic E-state index is -0.416. The predicted octanol–water partition coefficient (Wildman–Crippen LogP) is 1.55. The first-order chi connectivity index (χ1) is 8.70. The third kappa shape index (κ3) is 3.23. The largest absolute Gasteiger partial charge is 0.465 e. The Morgan fingerprint density at radius 1 is 1.33 bits per heavy atom. The second kappa shape index (κ2) is 6.02. The average molecular weight is 254 g/mol. The number of ether oxygens (including phenoxy) is 1. The molecule has 1 saturated carbocycles. The van der Waals surface area contributed by atoms with Gasteiger partial charge < -0.3 is 9.64 Å². The van der Waals surface area contributed by atoms with Gasteiger partial charge in [-0.1, -0.05) is 6.92 Å². The van der Waals surface area contributed by atoms with Gasteiger partial charge in [0.25, 0.3) is 0 Å². The fourth-order valence-electron chi connectivity index (χ4n) is 2.80. The van der Waals surface area contributed by atoms with Crippen LogP contribution in [0.4, 0.5) is 0 Å². The Balaban J connectivity index is 2.05. The third-order valence-electron chi connectivity index (χ3n) is 4.10. The maximum atomic E-state index is 12.3. The summed E-state index contributed by atoms with van der Waals surface area (Å²) in [6.45, 7) is 7.72. The highest BCUT2D eigenvalue weighted by Gasteiger charge is 2.44. The lowest BCUT2D eigenvalue weighted by atomic mass is 9.90. The van der Waals surface area contributed by atoms with E-state index in [9.17, 15) is 4.79 Å². The van der Waals surface area contributed by atoms with Crippen molar-refractivity contribution >= 4 is 5.97 Å². The fourth-order valence-corrected chi connectivity index (χ4v) is 2.80. The molecule has 2 fully saturated rings. The minimum absolute atomic E-state index is 0.0325. The topological polar surface area (TPSA) is 41.6 Å². The number of hydrogen-bond acceptors (Lipinski definition) is 4. The highest BCUT2D eigenvalue weighted by molar-refractivity contribution is 5.81. The van der Waals surface area contributed by atoms with Crippen LogP contribution in [-0.4, -0.2) is 48.7 Å². The molecule has 2 rings (SSSR count). The Morgan fingerprint density at radius 3 is 2.72 bits per heavy atom. The molecule has 1 aliphatic heterocycles. The molecule has 0 amide bonds. The predicted molar refractivity (Wildman–Crippen MR) is 71.5 cm³/mol. The fraction of sp³-hybridized carbons (Fsp3) is 0.929. The van der Waals surface area contributed by atoms with Crippen LogP contribution in [0.25, 0.3) is 0 Å². The van der Waals surface area contributed by atoms with Crippen molar-refractivity contribution < 1.29 is 9.53 Å². The first kappa shape index (κ1) is 13.8. The van der Waals surface area contributed by atoms with E-state index in [1.54, 1.807) is 0 Å². The lowest BCUT2D eigenvalue weighted by Crippen LogP contribution is -2.54. The zero-order valence-corrected chi connectivity index (χ0v) is 11.7. The van der Waals surface area contributed by atoms with Gasteiger partial charge in [0.1, 0.15) is 5.54 Å². The molecule has 18 heavy (non-hydrogen) atoms. The summed E-state index contributed by atoms with van der Waals surface area (Å²) in [4.78, 5) is 14.8. The summed E-state index contributed by atoms with van der Waals surface area (Å²) < 4.78 is 5.32. The van der Waals surface area contributed by atoms with Gasteiger partial charge >= 0.3 is 5.97 Å². The van der Waals surface area contributed by atoms with Crippen LogP contribution in [0.5, 0.6) is 0 Å². The number of nitrogens with zero attached hydrogens (tertiary/aromatic N) is 1. The van der Waals surface area contributed by atoms with Crippen molar-refractivity contribution in [1.82, 2.24) is 10.2 Å². The standard InChI is InChI=1S/C14H26N2O2/c1-3-16-10-5-8-14(9-11-16,13(17)18-4-2)15-12-6-7-12/h12,15H,3-11H2,1-2H3. The number of hydrogen-bond donors (Lipinski definition) is 1. The highest BCUT2D eigenvalue weighted by atomic mass is 16.5. The van der Waals surface area contributed by atoms with Gasteiger partial charge in [-0.25, -0.2) is 0 Å². The molecule has 1 N–H and O–H groups in total. The molecular weight excluding hydrogens is 228 g/mol. The van der Waals surface area contributed by atoms with Crippen molar-refractivity contribution in [3.63, 3.8) is 0 Å². The molecule has 0 spiro atoms. The van der Waals surface area contributed by atoms with Crippen LogP contribution in [0, 0.1) is 0 Å². The highest BCUT2D eigenvalue weighted by Crippen LogP contribution is 2.30. The van der Waals surface area contributed by atoms with E-state index < -0.39 is 5.54 Å². The number of carbonyl (C=O) groups is 1. The van der Waals surface area contributed by atoms with Crippen LogP contribution in [0.3, 0.4) is 0 Å². The van der Waals surface area contributed by atoms with Crippen molar-refractivity contribution in [2.75, 3.05) is 26.2 Å². The van der Waals surface area contributed by atoms with Crippen molar-refractivity contribution in [2.45, 2.75) is 57.5 Å². The van der Waals surface area contributed by atoms with E-state index in [0.717, 1.165) is 38.9 Å². The monoisotopic (exact) mass is 254 g/mol. The average Bonchev–Trinajstić information content (AvgIpc) is 3.17. The van der Waals surface area contributed by atoms with Crippen LogP contribution < -0.4 is 5.32 Å². The van der Waals surface area contributed by atoms with Crippen LogP contribution >= 0.6 is 0 Å². The van der Waals surface area contributed by atoms with E-state index in [4.69, 9.17) is 4.74 Å². The lowest BCUT2D eigenvalue weighted by molar-refractivity contribution is -0.152. The van der Waals surface area contributed by atoms with Crippen molar-refractivity contribution in [3.05, 3.63) is 0 Å². The van der Waals surface area contributed by atoms with Gasteiger partial charge in [-0.05, 0) is 52.1 Å². The van der Waals surface area contributed by atoms with Crippen LogP contribution in [0.2, 0.25) is 0 Å². The molecule has 1 atom stereocenters. The summed E-state index contributed by atoms with van der Waals surface area (Å²) in [7, 11) is 0. The molecule has 2 aliphatic rings. The molecule has 0 aromatic rings. The quantitative estimate of drug-likeness (QED) is 0.756. The number of likely N-dealkylation sites (tertiary alicyclic amines) is 1. The van der Waals surface area contributed by atoms with Crippen molar-refractivity contribution in [2.24, 2.45) is 0 Å². The minimum Gasteiger partial charge on any atom is -0.465 e. The third-order valence-corrected chi connectivity index (χ3v) is 4.10. The Labute approximate surface area is 110 Å². The zero-order valence-electron chi connectivity index (χ0n) is 11.7. The van der Waals surface area contributed by atoms with Gasteiger partial charge in [-0.2, -0.15) is 0 Å². The van der Waals surface area contributed by atoms with Gasteiger partial charge in [0.05, 0.1) is 6.61 Å². The summed E-state index contributed by atoms with van der Waals surface area (Å²) in [5.74, 6) is -0.0325. The van der Waals surface area contributed by atoms with Gasteiger partial charge in [0.15, 0.2) is 0 Å². The summed E-state index contributed by atoms with van der Waals surface area (Å²) in [5, 5.41) is 3.57. The molecule has 1 heterocycles. The normalized spacial score (nSPS) is 29.9. The van der Waals surface area contributed by atoms with E-state index in [1.165, 1.54) is 12.8 Å². The van der Waals surface area contributed by atoms with Crippen molar-refractivity contribution in [1.29, 1.82) is 0 Å². The number of esters is 1.